The summed E-state index contributed by atoms with van der Waals surface area (Å²) >= 11 is -0.179. The average Bonchev–Trinajstić information content (AvgIpc) is 3.21. The number of aromatic nitrogens is 2. The van der Waals surface area contributed by atoms with E-state index in [0.29, 0.717) is 11.8 Å². The molecule has 0 fully saturated rings. The normalized spacial score (nSPS) is 12.9. The second-order valence-electron chi connectivity index (χ2n) is 10.5. The summed E-state index contributed by atoms with van der Waals surface area (Å²) in [6, 6.07) is 19.1. The Balaban J connectivity index is 2.11. The molecule has 0 unspecified atom stereocenters. The molecule has 0 saturated carbocycles. The van der Waals surface area contributed by atoms with Gasteiger partial charge >= 0.3 is 234 Å². The van der Waals surface area contributed by atoms with Gasteiger partial charge in [-0.3, -0.25) is 0 Å². The number of rotatable bonds is 8. The van der Waals surface area contributed by atoms with Gasteiger partial charge in [0.1, 0.15) is 0 Å². The first-order valence-corrected chi connectivity index (χ1v) is 15.8. The van der Waals surface area contributed by atoms with Crippen LogP contribution in [0.15, 0.2) is 60.8 Å². The van der Waals surface area contributed by atoms with Crippen molar-refractivity contribution in [1.29, 1.82) is 0 Å². The molecular formula is C31H38ClN2O2Pd. The van der Waals surface area contributed by atoms with Gasteiger partial charge in [0.15, 0.2) is 0 Å². The predicted molar refractivity (Wildman–Crippen MR) is 151 cm³/mol. The molecule has 0 N–H and O–H groups in total. The van der Waals surface area contributed by atoms with E-state index in [-0.39, 0.29) is 28.7 Å². The summed E-state index contributed by atoms with van der Waals surface area (Å²) in [6.45, 7) is 17.2. The van der Waals surface area contributed by atoms with E-state index in [2.05, 4.69) is 79.3 Å². The zero-order valence-electron chi connectivity index (χ0n) is 23.0. The maximum absolute atomic E-state index is 6.82. The fourth-order valence-corrected chi connectivity index (χ4v) is 6.36. The summed E-state index contributed by atoms with van der Waals surface area (Å²) < 4.78 is 18.3. The van der Waals surface area contributed by atoms with E-state index in [1.165, 1.54) is 16.8 Å². The van der Waals surface area contributed by atoms with Crippen LogP contribution in [0, 0.1) is 3.89 Å². The maximum atomic E-state index is 6.82. The van der Waals surface area contributed by atoms with Crippen LogP contribution < -0.4 is 9.47 Å². The first-order chi connectivity index (χ1) is 17.6. The summed E-state index contributed by atoms with van der Waals surface area (Å²) in [5, 5.41) is 0. The quantitative estimate of drug-likeness (QED) is 0.186. The van der Waals surface area contributed by atoms with Gasteiger partial charge in [-0.15, -0.1) is 0 Å². The third kappa shape index (κ3) is 5.60. The molecule has 0 saturated heterocycles. The first-order valence-electron chi connectivity index (χ1n) is 13.0. The van der Waals surface area contributed by atoms with Crippen LogP contribution in [0.2, 0.25) is 0 Å². The van der Waals surface area contributed by atoms with Crippen LogP contribution in [-0.2, 0) is 16.5 Å². The molecule has 4 rings (SSSR count). The van der Waals surface area contributed by atoms with E-state index in [1.54, 1.807) is 0 Å². The van der Waals surface area contributed by atoms with Crippen LogP contribution in [0.5, 0.6) is 11.5 Å². The van der Waals surface area contributed by atoms with Gasteiger partial charge in [-0.2, -0.15) is 0 Å². The third-order valence-corrected chi connectivity index (χ3v) is 7.86. The van der Waals surface area contributed by atoms with Crippen molar-refractivity contribution in [2.24, 2.45) is 0 Å². The van der Waals surface area contributed by atoms with Crippen molar-refractivity contribution in [3.8, 4) is 28.4 Å². The number of halogens is 1. The molecule has 0 bridgehead atoms. The number of hydrogen-bond donors (Lipinski definition) is 0. The van der Waals surface area contributed by atoms with E-state index < -0.39 is 0 Å². The van der Waals surface area contributed by atoms with Crippen LogP contribution in [0.25, 0.3) is 22.5 Å². The number of pyridine rings is 1. The monoisotopic (exact) mass is 611 g/mol. The van der Waals surface area contributed by atoms with Gasteiger partial charge in [-0.05, 0) is 0 Å². The summed E-state index contributed by atoms with van der Waals surface area (Å²) in [5.41, 5.74) is 6.91. The van der Waals surface area contributed by atoms with Gasteiger partial charge < -0.3 is 0 Å². The van der Waals surface area contributed by atoms with Gasteiger partial charge in [0, 0.05) is 0 Å². The number of fused-ring (bicyclic) bond motifs is 1. The molecule has 0 amide bonds. The Morgan fingerprint density at radius 3 is 1.70 bits per heavy atom. The summed E-state index contributed by atoms with van der Waals surface area (Å²) in [4.78, 5) is 0. The van der Waals surface area contributed by atoms with Crippen molar-refractivity contribution in [3.63, 3.8) is 0 Å². The van der Waals surface area contributed by atoms with Crippen molar-refractivity contribution >= 4 is 15.0 Å². The zero-order valence-corrected chi connectivity index (χ0v) is 25.3. The Bertz CT molecular complexity index is 1410. The molecule has 0 aliphatic heterocycles. The van der Waals surface area contributed by atoms with Crippen LogP contribution >= 0.6 is 9.53 Å². The molecule has 2 aromatic heterocycles. The van der Waals surface area contributed by atoms with Crippen LogP contribution in [0.3, 0.4) is 0 Å². The average molecular weight is 613 g/mol. The molecule has 2 aromatic carbocycles. The molecule has 0 aliphatic carbocycles. The third-order valence-electron chi connectivity index (χ3n) is 6.24. The van der Waals surface area contributed by atoms with Gasteiger partial charge in [0.25, 0.3) is 0 Å². The second-order valence-corrected chi connectivity index (χ2v) is 12.2. The molecule has 4 aromatic rings. The fourth-order valence-electron chi connectivity index (χ4n) is 4.76. The molecule has 0 spiro atoms. The van der Waals surface area contributed by atoms with Crippen molar-refractivity contribution in [2.45, 2.75) is 79.4 Å². The minimum atomic E-state index is -0.179. The SMILES string of the molecule is CC(C)Oc1cccc(OC(C)C)c1-c1cccc2cn(-c3c(C(C)C)cccc3C(C)C)[c](=[Pd][Cl])n12. The number of nitrogens with zero attached hydrogens (tertiary/aromatic N) is 2. The molecule has 201 valence electrons. The van der Waals surface area contributed by atoms with Gasteiger partial charge in [-0.25, -0.2) is 0 Å². The summed E-state index contributed by atoms with van der Waals surface area (Å²) in [7, 11) is 6.82. The van der Waals surface area contributed by atoms with Crippen molar-refractivity contribution < 1.29 is 26.0 Å². The van der Waals surface area contributed by atoms with Crippen LogP contribution in [-0.4, -0.2) is 21.2 Å². The first kappa shape index (κ1) is 27.7. The van der Waals surface area contributed by atoms with Crippen LogP contribution in [0.4, 0.5) is 0 Å². The van der Waals surface area contributed by atoms with Crippen molar-refractivity contribution in [2.75, 3.05) is 0 Å². The van der Waals surface area contributed by atoms with E-state index in [4.69, 9.17) is 19.0 Å². The van der Waals surface area contributed by atoms with Gasteiger partial charge in [0.05, 0.1) is 0 Å². The molecular weight excluding hydrogens is 574 g/mol. The van der Waals surface area contributed by atoms with E-state index in [1.807, 2.05) is 45.9 Å². The van der Waals surface area contributed by atoms with Crippen molar-refractivity contribution in [1.82, 2.24) is 8.97 Å². The van der Waals surface area contributed by atoms with E-state index >= 15 is 0 Å². The number of imidazole rings is 1. The molecule has 0 atom stereocenters. The molecule has 4 nitrogen and oxygen atoms in total. The van der Waals surface area contributed by atoms with Crippen LogP contribution in [0.1, 0.15) is 78.4 Å². The number of ether oxygens (including phenoxy) is 2. The van der Waals surface area contributed by atoms with Gasteiger partial charge in [0.2, 0.25) is 0 Å². The van der Waals surface area contributed by atoms with E-state index in [9.17, 15) is 0 Å². The Kier molecular flexibility index (Phi) is 8.69. The number of hydrogen-bond acceptors (Lipinski definition) is 2. The standard InChI is InChI=1S/C31H38N2O2.ClH.Pd/c1-20(2)25-13-10-14-26(21(3)4)31(25)32-18-24-12-9-15-27(33(24)19-32)30-28(34-22(5)6)16-11-17-29(30)35-23(7)8;;/h9-18,20-23H,1-8H3;1H;/q;;+1/p-1. The summed E-state index contributed by atoms with van der Waals surface area (Å²) in [6.07, 6.45) is 2.29. The molecule has 37 heavy (non-hydrogen) atoms. The summed E-state index contributed by atoms with van der Waals surface area (Å²) in [5.74, 6) is 2.36. The molecule has 0 radical (unpaired) electrons. The second kappa shape index (κ2) is 11.6. The zero-order chi connectivity index (χ0) is 26.9. The molecule has 6 heteroatoms. The molecule has 0 aliphatic rings. The predicted octanol–water partition coefficient (Wildman–Crippen LogP) is 8.99. The Morgan fingerprint density at radius 2 is 1.22 bits per heavy atom. The minimum absolute atomic E-state index is 0.0317. The molecule has 2 heterocycles. The Hall–Kier alpha value is -2.32. The van der Waals surface area contributed by atoms with Crippen molar-refractivity contribution in [3.05, 3.63) is 75.8 Å². The number of para-hydroxylation sites is 1. The topological polar surface area (TPSA) is 27.8 Å². The fraction of sp³-hybridized carbons (Fsp3) is 0.387. The van der Waals surface area contributed by atoms with Gasteiger partial charge in [-0.1, -0.05) is 0 Å². The number of benzene rings is 2. The van der Waals surface area contributed by atoms with E-state index in [0.717, 1.165) is 32.2 Å². The Morgan fingerprint density at radius 1 is 0.703 bits per heavy atom. The Labute approximate surface area is 232 Å².